The first-order chi connectivity index (χ1) is 7.62. The van der Waals surface area contributed by atoms with Crippen LogP contribution >= 0.6 is 12.4 Å². The van der Waals surface area contributed by atoms with E-state index in [9.17, 15) is 4.79 Å². The largest absolute Gasteiger partial charge is 0.340 e. The summed E-state index contributed by atoms with van der Waals surface area (Å²) in [7, 11) is 0. The van der Waals surface area contributed by atoms with Gasteiger partial charge >= 0.3 is 0 Å². The van der Waals surface area contributed by atoms with Crippen molar-refractivity contribution in [1.82, 2.24) is 10.2 Å². The van der Waals surface area contributed by atoms with Crippen molar-refractivity contribution < 1.29 is 4.79 Å². The minimum absolute atomic E-state index is 0. The van der Waals surface area contributed by atoms with Gasteiger partial charge in [0.05, 0.1) is 0 Å². The van der Waals surface area contributed by atoms with Crippen LogP contribution in [0.3, 0.4) is 0 Å². The summed E-state index contributed by atoms with van der Waals surface area (Å²) in [5, 5.41) is 3.30. The van der Waals surface area contributed by atoms with Crippen LogP contribution in [0.5, 0.6) is 0 Å². The minimum atomic E-state index is -0.145. The molecule has 1 aliphatic heterocycles. The van der Waals surface area contributed by atoms with Gasteiger partial charge in [-0.1, -0.05) is 26.7 Å². The summed E-state index contributed by atoms with van der Waals surface area (Å²) in [4.78, 5) is 14.6. The molecule has 1 amide bonds. The molecule has 100 valence electrons. The Bertz CT molecular complexity index is 256. The maximum atomic E-state index is 12.5. The van der Waals surface area contributed by atoms with E-state index in [0.29, 0.717) is 11.8 Å². The van der Waals surface area contributed by atoms with Crippen LogP contribution in [0, 0.1) is 11.3 Å². The highest BCUT2D eigenvalue weighted by molar-refractivity contribution is 5.85. The van der Waals surface area contributed by atoms with Crippen molar-refractivity contribution in [3.63, 3.8) is 0 Å². The maximum absolute atomic E-state index is 12.5. The molecule has 0 aromatic heterocycles. The van der Waals surface area contributed by atoms with Gasteiger partial charge in [0.15, 0.2) is 0 Å². The monoisotopic (exact) mass is 260 g/mol. The molecule has 1 saturated carbocycles. The van der Waals surface area contributed by atoms with Gasteiger partial charge in [0, 0.05) is 31.6 Å². The summed E-state index contributed by atoms with van der Waals surface area (Å²) in [6.07, 6.45) is 5.10. The lowest BCUT2D eigenvalue weighted by molar-refractivity contribution is -0.143. The highest BCUT2D eigenvalue weighted by Gasteiger charge is 2.40. The summed E-state index contributed by atoms with van der Waals surface area (Å²) < 4.78 is 0. The third kappa shape index (κ3) is 3.14. The molecule has 2 fully saturated rings. The Labute approximate surface area is 111 Å². The van der Waals surface area contributed by atoms with Crippen LogP contribution in [0.1, 0.15) is 39.5 Å². The highest BCUT2D eigenvalue weighted by Crippen LogP contribution is 2.40. The van der Waals surface area contributed by atoms with Gasteiger partial charge in [-0.3, -0.25) is 4.79 Å². The SMILES string of the molecule is CC(C)(C(=O)N1CCNCC1)C1CCCC1.Cl. The van der Waals surface area contributed by atoms with Gasteiger partial charge in [0.25, 0.3) is 0 Å². The predicted octanol–water partition coefficient (Wildman–Crippen LogP) is 2.06. The Morgan fingerprint density at radius 1 is 1.18 bits per heavy atom. The second-order valence-corrected chi connectivity index (χ2v) is 5.75. The number of nitrogens with zero attached hydrogens (tertiary/aromatic N) is 1. The number of carbonyl (C=O) groups excluding carboxylic acids is 1. The molecule has 0 bridgehead atoms. The van der Waals surface area contributed by atoms with Gasteiger partial charge in [-0.2, -0.15) is 0 Å². The minimum Gasteiger partial charge on any atom is -0.340 e. The van der Waals surface area contributed by atoms with Gasteiger partial charge in [0.2, 0.25) is 5.91 Å². The molecule has 3 nitrogen and oxygen atoms in total. The van der Waals surface area contributed by atoms with Gasteiger partial charge in [-0.05, 0) is 18.8 Å². The van der Waals surface area contributed by atoms with Gasteiger partial charge < -0.3 is 10.2 Å². The van der Waals surface area contributed by atoms with Gasteiger partial charge in [-0.25, -0.2) is 0 Å². The molecule has 0 aromatic rings. The number of hydrogen-bond acceptors (Lipinski definition) is 2. The third-order valence-electron chi connectivity index (χ3n) is 4.33. The molecule has 0 unspecified atom stereocenters. The fraction of sp³-hybridized carbons (Fsp3) is 0.923. The van der Waals surface area contributed by atoms with Gasteiger partial charge in [-0.15, -0.1) is 12.4 Å². The Morgan fingerprint density at radius 2 is 1.71 bits per heavy atom. The molecule has 0 atom stereocenters. The van der Waals surface area contributed by atoms with E-state index in [2.05, 4.69) is 24.1 Å². The molecule has 2 rings (SSSR count). The molecule has 17 heavy (non-hydrogen) atoms. The number of piperazine rings is 1. The molecule has 0 spiro atoms. The maximum Gasteiger partial charge on any atom is 0.228 e. The van der Waals surface area contributed by atoms with Crippen molar-refractivity contribution in [3.05, 3.63) is 0 Å². The molecule has 1 aliphatic carbocycles. The van der Waals surface area contributed by atoms with E-state index >= 15 is 0 Å². The fourth-order valence-corrected chi connectivity index (χ4v) is 3.10. The van der Waals surface area contributed by atoms with Crippen molar-refractivity contribution in [2.45, 2.75) is 39.5 Å². The Balaban J connectivity index is 0.00000144. The number of nitrogens with one attached hydrogen (secondary N) is 1. The zero-order valence-electron chi connectivity index (χ0n) is 11.0. The van der Waals surface area contributed by atoms with E-state index in [1.807, 2.05) is 0 Å². The highest BCUT2D eigenvalue weighted by atomic mass is 35.5. The average molecular weight is 261 g/mol. The van der Waals surface area contributed by atoms with E-state index in [0.717, 1.165) is 26.2 Å². The summed E-state index contributed by atoms with van der Waals surface area (Å²) >= 11 is 0. The van der Waals surface area contributed by atoms with E-state index in [1.54, 1.807) is 0 Å². The first kappa shape index (κ1) is 14.8. The lowest BCUT2D eigenvalue weighted by Crippen LogP contribution is -2.52. The summed E-state index contributed by atoms with van der Waals surface area (Å²) in [6.45, 7) is 7.96. The molecule has 0 aromatic carbocycles. The second-order valence-electron chi connectivity index (χ2n) is 5.75. The molecular weight excluding hydrogens is 236 g/mol. The van der Waals surface area contributed by atoms with E-state index in [4.69, 9.17) is 0 Å². The zero-order chi connectivity index (χ0) is 11.6. The van der Waals surface area contributed by atoms with Crippen LogP contribution in [0.25, 0.3) is 0 Å². The number of carbonyl (C=O) groups is 1. The Morgan fingerprint density at radius 3 is 2.24 bits per heavy atom. The standard InChI is InChI=1S/C13H24N2O.ClH/c1-13(2,11-5-3-4-6-11)12(16)15-9-7-14-8-10-15;/h11,14H,3-10H2,1-2H3;1H. The summed E-state index contributed by atoms with van der Waals surface area (Å²) in [5.41, 5.74) is -0.145. The van der Waals surface area contributed by atoms with Crippen molar-refractivity contribution in [2.24, 2.45) is 11.3 Å². The van der Waals surface area contributed by atoms with Crippen molar-refractivity contribution >= 4 is 18.3 Å². The predicted molar refractivity (Wildman–Crippen MR) is 72.4 cm³/mol. The zero-order valence-corrected chi connectivity index (χ0v) is 11.8. The first-order valence-corrected chi connectivity index (χ1v) is 6.62. The lowest BCUT2D eigenvalue weighted by Gasteiger charge is -2.37. The third-order valence-corrected chi connectivity index (χ3v) is 4.33. The molecular formula is C13H25ClN2O. The smallest absolute Gasteiger partial charge is 0.228 e. The van der Waals surface area contributed by atoms with E-state index < -0.39 is 0 Å². The van der Waals surface area contributed by atoms with E-state index in [1.165, 1.54) is 25.7 Å². The molecule has 2 aliphatic rings. The number of amides is 1. The van der Waals surface area contributed by atoms with Crippen molar-refractivity contribution in [3.8, 4) is 0 Å². The summed E-state index contributed by atoms with van der Waals surface area (Å²) in [6, 6.07) is 0. The molecule has 4 heteroatoms. The van der Waals surface area contributed by atoms with Crippen LogP contribution in [-0.2, 0) is 4.79 Å². The molecule has 0 radical (unpaired) electrons. The molecule has 1 saturated heterocycles. The van der Waals surface area contributed by atoms with Crippen LogP contribution in [0.15, 0.2) is 0 Å². The summed E-state index contributed by atoms with van der Waals surface area (Å²) in [5.74, 6) is 0.982. The van der Waals surface area contributed by atoms with Crippen LogP contribution in [0.4, 0.5) is 0 Å². The van der Waals surface area contributed by atoms with Gasteiger partial charge in [0.1, 0.15) is 0 Å². The lowest BCUT2D eigenvalue weighted by atomic mass is 9.76. The van der Waals surface area contributed by atoms with Crippen molar-refractivity contribution in [1.29, 1.82) is 0 Å². The Kier molecular flexibility index (Phi) is 5.26. The van der Waals surface area contributed by atoms with Crippen LogP contribution < -0.4 is 5.32 Å². The normalized spacial score (nSPS) is 22.4. The number of halogens is 1. The number of rotatable bonds is 2. The first-order valence-electron chi connectivity index (χ1n) is 6.62. The number of hydrogen-bond donors (Lipinski definition) is 1. The topological polar surface area (TPSA) is 32.3 Å². The van der Waals surface area contributed by atoms with Crippen LogP contribution in [0.2, 0.25) is 0 Å². The molecule has 1 heterocycles. The Hall–Kier alpha value is -0.280. The second kappa shape index (κ2) is 6.05. The van der Waals surface area contributed by atoms with Crippen LogP contribution in [-0.4, -0.2) is 37.0 Å². The quantitative estimate of drug-likeness (QED) is 0.824. The van der Waals surface area contributed by atoms with E-state index in [-0.39, 0.29) is 17.8 Å². The molecule has 1 N–H and O–H groups in total. The van der Waals surface area contributed by atoms with Crippen molar-refractivity contribution in [2.75, 3.05) is 26.2 Å². The average Bonchev–Trinajstić information content (AvgIpc) is 2.83. The fourth-order valence-electron chi connectivity index (χ4n) is 3.10.